The topological polar surface area (TPSA) is 139 Å². The molecule has 3 aromatic rings. The van der Waals surface area contributed by atoms with Crippen LogP contribution >= 0.6 is 0 Å². The number of fused-ring (bicyclic) bond motifs is 1. The summed E-state index contributed by atoms with van der Waals surface area (Å²) in [6.45, 7) is 0. The van der Waals surface area contributed by atoms with E-state index < -0.39 is 22.3 Å². The van der Waals surface area contributed by atoms with Gasteiger partial charge < -0.3 is 15.2 Å². The molecule has 33 heavy (non-hydrogen) atoms. The van der Waals surface area contributed by atoms with Gasteiger partial charge in [0.25, 0.3) is 5.56 Å². The Morgan fingerprint density at radius 2 is 1.94 bits per heavy atom. The second-order valence-electron chi connectivity index (χ2n) is 7.95. The molecule has 0 spiro atoms. The maximum atomic E-state index is 13.6. The first-order chi connectivity index (χ1) is 15.9. The number of nitrogens with zero attached hydrogens (tertiary/aromatic N) is 2. The van der Waals surface area contributed by atoms with Crippen LogP contribution in [0.25, 0.3) is 5.69 Å². The molecule has 0 radical (unpaired) electrons. The summed E-state index contributed by atoms with van der Waals surface area (Å²) in [4.78, 5) is 37.5. The van der Waals surface area contributed by atoms with Gasteiger partial charge in [-0.25, -0.2) is 4.68 Å². The number of carbonyl (C=O) groups is 1. The monoisotopic (exact) mass is 448 g/mol. The predicted octanol–water partition coefficient (Wildman–Crippen LogP) is 3.35. The average molecular weight is 448 g/mol. The van der Waals surface area contributed by atoms with E-state index in [0.717, 1.165) is 0 Å². The van der Waals surface area contributed by atoms with Gasteiger partial charge in [0.05, 0.1) is 23.3 Å². The van der Waals surface area contributed by atoms with Gasteiger partial charge in [-0.2, -0.15) is 0 Å². The lowest BCUT2D eigenvalue weighted by Gasteiger charge is -2.31. The number of allylic oxidation sites excluding steroid dienone is 2. The van der Waals surface area contributed by atoms with Crippen molar-refractivity contribution in [2.24, 2.45) is 0 Å². The van der Waals surface area contributed by atoms with Gasteiger partial charge in [0, 0.05) is 29.7 Å². The summed E-state index contributed by atoms with van der Waals surface area (Å²) in [5, 5.41) is 28.1. The number of phenolic OH excluding ortho intramolecular Hbond substituents is 1. The van der Waals surface area contributed by atoms with Crippen LogP contribution in [0.4, 0.5) is 11.5 Å². The number of ketones is 1. The highest BCUT2D eigenvalue weighted by molar-refractivity contribution is 6.01. The van der Waals surface area contributed by atoms with Gasteiger partial charge in [0.2, 0.25) is 5.75 Å². The molecule has 1 aromatic heterocycles. The molecule has 5 rings (SSSR count). The molecule has 10 heteroatoms. The zero-order valence-corrected chi connectivity index (χ0v) is 17.6. The molecule has 2 aromatic carbocycles. The molecule has 1 atom stereocenters. The fourth-order valence-corrected chi connectivity index (χ4v) is 4.60. The van der Waals surface area contributed by atoms with Crippen LogP contribution in [0.5, 0.6) is 11.5 Å². The normalized spacial score (nSPS) is 17.2. The van der Waals surface area contributed by atoms with Crippen molar-refractivity contribution < 1.29 is 19.6 Å². The number of carbonyl (C=O) groups excluding carboxylic acids is 1. The van der Waals surface area contributed by atoms with Crippen LogP contribution in [0.3, 0.4) is 0 Å². The van der Waals surface area contributed by atoms with E-state index >= 15 is 0 Å². The van der Waals surface area contributed by atoms with Crippen molar-refractivity contribution in [2.45, 2.75) is 25.2 Å². The summed E-state index contributed by atoms with van der Waals surface area (Å²) < 4.78 is 6.54. The molecule has 1 aliphatic carbocycles. The van der Waals surface area contributed by atoms with Crippen molar-refractivity contribution in [1.82, 2.24) is 9.78 Å². The minimum absolute atomic E-state index is 0.108. The Hall–Kier alpha value is -4.34. The number of aromatic nitrogens is 2. The Morgan fingerprint density at radius 1 is 1.18 bits per heavy atom. The van der Waals surface area contributed by atoms with Crippen molar-refractivity contribution in [3.63, 3.8) is 0 Å². The minimum Gasteiger partial charge on any atom is -0.500 e. The number of nitro groups is 1. The standard InChI is InChI=1S/C23H20N4O6/c1-33-17-11-12(10-15(21(17)29)27(31)32)18-19-14(8-5-9-16(19)28)24-22-20(18)23(30)26(25-22)13-6-3-2-4-7-13/h2-4,6-7,10-11,18,24-25,29H,5,8-9H2,1H3/t18-/m0/s1. The summed E-state index contributed by atoms with van der Waals surface area (Å²) in [5.74, 6) is -1.27. The number of ether oxygens (including phenoxy) is 1. The number of benzene rings is 2. The van der Waals surface area contributed by atoms with E-state index in [4.69, 9.17) is 4.74 Å². The third-order valence-corrected chi connectivity index (χ3v) is 6.08. The fraction of sp³-hybridized carbons (Fsp3) is 0.217. The summed E-state index contributed by atoms with van der Waals surface area (Å²) in [6.07, 6.45) is 1.59. The molecule has 0 bridgehead atoms. The zero-order valence-electron chi connectivity index (χ0n) is 17.6. The van der Waals surface area contributed by atoms with E-state index in [-0.39, 0.29) is 22.7 Å². The molecular weight excluding hydrogens is 428 g/mol. The molecule has 0 fully saturated rings. The Balaban J connectivity index is 1.79. The molecule has 0 saturated carbocycles. The first-order valence-corrected chi connectivity index (χ1v) is 10.4. The minimum atomic E-state index is -0.856. The Morgan fingerprint density at radius 3 is 2.64 bits per heavy atom. The number of Topliss-reactive ketones (excluding diaryl/α,β-unsaturated/α-hetero) is 1. The molecule has 2 aliphatic rings. The third-order valence-electron chi connectivity index (χ3n) is 6.08. The van der Waals surface area contributed by atoms with Crippen LogP contribution in [-0.2, 0) is 4.79 Å². The summed E-state index contributed by atoms with van der Waals surface area (Å²) in [7, 11) is 1.28. The average Bonchev–Trinajstić information content (AvgIpc) is 3.14. The SMILES string of the molecule is COc1cc([C@H]2C3=C(CCCC3=O)Nc3[nH]n(-c4ccccc4)c(=O)c32)cc([N+](=O)[O-])c1O. The number of H-pyrrole nitrogens is 1. The number of hydrogen-bond acceptors (Lipinski definition) is 7. The van der Waals surface area contributed by atoms with Crippen molar-refractivity contribution in [1.29, 1.82) is 0 Å². The van der Waals surface area contributed by atoms with Crippen LogP contribution in [0, 0.1) is 10.1 Å². The van der Waals surface area contributed by atoms with E-state index in [1.807, 2.05) is 6.07 Å². The lowest BCUT2D eigenvalue weighted by molar-refractivity contribution is -0.386. The first-order valence-electron chi connectivity index (χ1n) is 10.4. The van der Waals surface area contributed by atoms with Crippen LogP contribution in [0.15, 0.2) is 58.5 Å². The van der Waals surface area contributed by atoms with Crippen LogP contribution in [0.1, 0.15) is 36.3 Å². The summed E-state index contributed by atoms with van der Waals surface area (Å²) in [6, 6.07) is 11.6. The highest BCUT2D eigenvalue weighted by Gasteiger charge is 2.40. The second-order valence-corrected chi connectivity index (χ2v) is 7.95. The Kier molecular flexibility index (Phi) is 4.77. The number of nitrogens with one attached hydrogen (secondary N) is 2. The van der Waals surface area contributed by atoms with E-state index in [2.05, 4.69) is 10.4 Å². The molecule has 3 N–H and O–H groups in total. The molecule has 0 amide bonds. The Bertz CT molecular complexity index is 1390. The van der Waals surface area contributed by atoms with Gasteiger partial charge >= 0.3 is 5.69 Å². The largest absolute Gasteiger partial charge is 0.500 e. The van der Waals surface area contributed by atoms with E-state index in [0.29, 0.717) is 47.6 Å². The number of nitro benzene ring substituents is 1. The smallest absolute Gasteiger partial charge is 0.314 e. The number of anilines is 1. The van der Waals surface area contributed by atoms with Gasteiger partial charge in [-0.3, -0.25) is 24.8 Å². The predicted molar refractivity (Wildman–Crippen MR) is 119 cm³/mol. The number of para-hydroxylation sites is 1. The molecule has 10 nitrogen and oxygen atoms in total. The number of aromatic hydroxyl groups is 1. The zero-order chi connectivity index (χ0) is 23.3. The van der Waals surface area contributed by atoms with Crippen molar-refractivity contribution in [3.8, 4) is 17.2 Å². The molecule has 2 heterocycles. The van der Waals surface area contributed by atoms with Crippen molar-refractivity contribution >= 4 is 17.3 Å². The first kappa shape index (κ1) is 20.6. The molecular formula is C23H20N4O6. The molecule has 1 aliphatic heterocycles. The van der Waals surface area contributed by atoms with E-state index in [1.54, 1.807) is 24.3 Å². The van der Waals surface area contributed by atoms with Crippen LogP contribution < -0.4 is 15.6 Å². The third kappa shape index (κ3) is 3.18. The fourth-order valence-electron chi connectivity index (χ4n) is 4.60. The second kappa shape index (κ2) is 7.66. The van der Waals surface area contributed by atoms with E-state index in [9.17, 15) is 24.8 Å². The van der Waals surface area contributed by atoms with Crippen LogP contribution in [0.2, 0.25) is 0 Å². The van der Waals surface area contributed by atoms with Crippen molar-refractivity contribution in [2.75, 3.05) is 12.4 Å². The van der Waals surface area contributed by atoms with Gasteiger partial charge in [-0.1, -0.05) is 18.2 Å². The van der Waals surface area contributed by atoms with Crippen LogP contribution in [-0.4, -0.2) is 32.7 Å². The van der Waals surface area contributed by atoms with Gasteiger partial charge in [0.1, 0.15) is 5.82 Å². The highest BCUT2D eigenvalue weighted by atomic mass is 16.6. The maximum absolute atomic E-state index is 13.6. The number of methoxy groups -OCH3 is 1. The lowest BCUT2D eigenvalue weighted by atomic mass is 9.76. The maximum Gasteiger partial charge on any atom is 0.314 e. The number of hydrogen-bond donors (Lipinski definition) is 3. The molecule has 0 saturated heterocycles. The lowest BCUT2D eigenvalue weighted by Crippen LogP contribution is -2.30. The van der Waals surface area contributed by atoms with Gasteiger partial charge in [0.15, 0.2) is 11.5 Å². The van der Waals surface area contributed by atoms with Gasteiger partial charge in [-0.05, 0) is 36.6 Å². The number of rotatable bonds is 4. The highest BCUT2D eigenvalue weighted by Crippen LogP contribution is 2.47. The number of aromatic amines is 1. The van der Waals surface area contributed by atoms with E-state index in [1.165, 1.54) is 23.9 Å². The molecule has 0 unspecified atom stereocenters. The van der Waals surface area contributed by atoms with Crippen molar-refractivity contribution in [3.05, 3.63) is 85.3 Å². The summed E-state index contributed by atoms with van der Waals surface area (Å²) >= 11 is 0. The summed E-state index contributed by atoms with van der Waals surface area (Å²) in [5.41, 5.74) is 1.35. The number of phenols is 1. The van der Waals surface area contributed by atoms with Gasteiger partial charge in [-0.15, -0.1) is 0 Å². The Labute approximate surface area is 187 Å². The quantitative estimate of drug-likeness (QED) is 0.411. The molecule has 168 valence electrons.